The van der Waals surface area contributed by atoms with Gasteiger partial charge < -0.3 is 15.0 Å². The highest BCUT2D eigenvalue weighted by atomic mass is 32.1. The second kappa shape index (κ2) is 6.91. The van der Waals surface area contributed by atoms with Crippen LogP contribution in [-0.4, -0.2) is 26.2 Å². The van der Waals surface area contributed by atoms with E-state index >= 15 is 0 Å². The van der Waals surface area contributed by atoms with Crippen LogP contribution < -0.4 is 15.0 Å². The molecular formula is C16H23N3OS. The van der Waals surface area contributed by atoms with E-state index in [1.807, 2.05) is 19.2 Å². The summed E-state index contributed by atoms with van der Waals surface area (Å²) < 4.78 is 5.19. The smallest absolute Gasteiger partial charge is 0.185 e. The first kappa shape index (κ1) is 15.8. The molecule has 0 spiro atoms. The number of hydrogen-bond acceptors (Lipinski definition) is 5. The van der Waals surface area contributed by atoms with Crippen molar-refractivity contribution in [3.05, 3.63) is 40.4 Å². The summed E-state index contributed by atoms with van der Waals surface area (Å²) in [5.74, 6) is 0.886. The van der Waals surface area contributed by atoms with Crippen LogP contribution in [0.1, 0.15) is 29.1 Å². The molecular weight excluding hydrogens is 282 g/mol. The van der Waals surface area contributed by atoms with E-state index in [2.05, 4.69) is 48.2 Å². The minimum atomic E-state index is 0.339. The van der Waals surface area contributed by atoms with Gasteiger partial charge >= 0.3 is 0 Å². The number of rotatable bonds is 6. The van der Waals surface area contributed by atoms with Gasteiger partial charge in [0.25, 0.3) is 0 Å². The van der Waals surface area contributed by atoms with Crippen molar-refractivity contribution >= 4 is 16.5 Å². The number of methoxy groups -OCH3 is 1. The van der Waals surface area contributed by atoms with Gasteiger partial charge in [0.15, 0.2) is 5.13 Å². The Morgan fingerprint density at radius 1 is 1.33 bits per heavy atom. The van der Waals surface area contributed by atoms with Crippen LogP contribution in [0, 0.1) is 6.92 Å². The summed E-state index contributed by atoms with van der Waals surface area (Å²) in [5.41, 5.74) is 2.35. The summed E-state index contributed by atoms with van der Waals surface area (Å²) in [5, 5.41) is 4.33. The van der Waals surface area contributed by atoms with Crippen LogP contribution in [0.4, 0.5) is 5.13 Å². The quantitative estimate of drug-likeness (QED) is 0.888. The standard InChI is InChI=1S/C16H23N3OS/c1-11(17-3)15-12(2)18-16(21-15)19(4)10-13-6-8-14(20-5)9-7-13/h6-9,11,17H,10H2,1-5H3. The maximum atomic E-state index is 5.19. The van der Waals surface area contributed by atoms with E-state index in [9.17, 15) is 0 Å². The average Bonchev–Trinajstić information content (AvgIpc) is 2.89. The minimum absolute atomic E-state index is 0.339. The van der Waals surface area contributed by atoms with E-state index < -0.39 is 0 Å². The lowest BCUT2D eigenvalue weighted by atomic mass is 10.2. The fourth-order valence-corrected chi connectivity index (χ4v) is 3.25. The summed E-state index contributed by atoms with van der Waals surface area (Å²) in [4.78, 5) is 8.18. The highest BCUT2D eigenvalue weighted by Gasteiger charge is 2.15. The van der Waals surface area contributed by atoms with Crippen LogP contribution in [0.3, 0.4) is 0 Å². The third kappa shape index (κ3) is 3.74. The molecule has 4 nitrogen and oxygen atoms in total. The molecule has 2 rings (SSSR count). The van der Waals surface area contributed by atoms with Crippen LogP contribution in [0.5, 0.6) is 5.75 Å². The lowest BCUT2D eigenvalue weighted by molar-refractivity contribution is 0.414. The first-order valence-electron chi connectivity index (χ1n) is 7.03. The zero-order valence-corrected chi connectivity index (χ0v) is 14.1. The molecule has 0 fully saturated rings. The van der Waals surface area contributed by atoms with Gasteiger partial charge in [-0.25, -0.2) is 4.98 Å². The van der Waals surface area contributed by atoms with Crippen molar-refractivity contribution in [3.63, 3.8) is 0 Å². The monoisotopic (exact) mass is 305 g/mol. The van der Waals surface area contributed by atoms with Crippen LogP contribution in [0.15, 0.2) is 24.3 Å². The lowest BCUT2D eigenvalue weighted by Gasteiger charge is -2.16. The van der Waals surface area contributed by atoms with Crippen molar-refractivity contribution in [1.82, 2.24) is 10.3 Å². The zero-order chi connectivity index (χ0) is 15.4. The molecule has 1 aromatic carbocycles. The SMILES string of the molecule is CNC(C)c1sc(N(C)Cc2ccc(OC)cc2)nc1C. The minimum Gasteiger partial charge on any atom is -0.497 e. The number of anilines is 1. The van der Waals surface area contributed by atoms with Crippen LogP contribution in [0.2, 0.25) is 0 Å². The van der Waals surface area contributed by atoms with Gasteiger partial charge in [-0.05, 0) is 38.6 Å². The highest BCUT2D eigenvalue weighted by molar-refractivity contribution is 7.15. The van der Waals surface area contributed by atoms with Crippen molar-refractivity contribution in [3.8, 4) is 5.75 Å². The number of benzene rings is 1. The fraction of sp³-hybridized carbons (Fsp3) is 0.438. The van der Waals surface area contributed by atoms with E-state index in [0.717, 1.165) is 23.1 Å². The number of nitrogens with one attached hydrogen (secondary N) is 1. The molecule has 5 heteroatoms. The van der Waals surface area contributed by atoms with E-state index in [1.54, 1.807) is 18.4 Å². The molecule has 0 amide bonds. The first-order chi connectivity index (χ1) is 10.0. The van der Waals surface area contributed by atoms with E-state index in [-0.39, 0.29) is 0 Å². The number of ether oxygens (including phenoxy) is 1. The predicted octanol–water partition coefficient (Wildman–Crippen LogP) is 3.38. The molecule has 1 atom stereocenters. The number of hydrogen-bond donors (Lipinski definition) is 1. The largest absolute Gasteiger partial charge is 0.497 e. The molecule has 0 aliphatic heterocycles. The Balaban J connectivity index is 2.10. The molecule has 0 aliphatic rings. The summed E-state index contributed by atoms with van der Waals surface area (Å²) in [6.45, 7) is 5.07. The van der Waals surface area contributed by atoms with E-state index in [4.69, 9.17) is 4.74 Å². The molecule has 1 unspecified atom stereocenters. The van der Waals surface area contributed by atoms with E-state index in [0.29, 0.717) is 6.04 Å². The molecule has 0 radical (unpaired) electrons. The molecule has 0 aliphatic carbocycles. The van der Waals surface area contributed by atoms with Crippen LogP contribution in [0.25, 0.3) is 0 Å². The first-order valence-corrected chi connectivity index (χ1v) is 7.85. The van der Waals surface area contributed by atoms with Gasteiger partial charge in [0.2, 0.25) is 0 Å². The normalized spacial score (nSPS) is 12.2. The van der Waals surface area contributed by atoms with Crippen LogP contribution in [-0.2, 0) is 6.54 Å². The predicted molar refractivity (Wildman–Crippen MR) is 89.4 cm³/mol. The van der Waals surface area contributed by atoms with Gasteiger partial charge in [-0.1, -0.05) is 12.1 Å². The average molecular weight is 305 g/mol. The molecule has 0 bridgehead atoms. The second-order valence-corrected chi connectivity index (χ2v) is 6.17. The summed E-state index contributed by atoms with van der Waals surface area (Å²) >= 11 is 1.75. The third-order valence-corrected chi connectivity index (χ3v) is 5.01. The van der Waals surface area contributed by atoms with Gasteiger partial charge in [0.1, 0.15) is 5.75 Å². The number of nitrogens with zero attached hydrogens (tertiary/aromatic N) is 2. The summed E-state index contributed by atoms with van der Waals surface area (Å²) in [6.07, 6.45) is 0. The number of aryl methyl sites for hydroxylation is 1. The summed E-state index contributed by atoms with van der Waals surface area (Å²) in [7, 11) is 5.74. The maximum absolute atomic E-state index is 5.19. The zero-order valence-electron chi connectivity index (χ0n) is 13.3. The van der Waals surface area contributed by atoms with Crippen molar-refractivity contribution in [2.24, 2.45) is 0 Å². The Morgan fingerprint density at radius 3 is 2.57 bits per heavy atom. The van der Waals surface area contributed by atoms with Crippen molar-refractivity contribution in [2.75, 3.05) is 26.1 Å². The van der Waals surface area contributed by atoms with Crippen molar-refractivity contribution < 1.29 is 4.74 Å². The number of aromatic nitrogens is 1. The Labute approximate surface area is 130 Å². The summed E-state index contributed by atoms with van der Waals surface area (Å²) in [6, 6.07) is 8.50. The number of thiazole rings is 1. The van der Waals surface area contributed by atoms with Gasteiger partial charge in [0.05, 0.1) is 12.8 Å². The van der Waals surface area contributed by atoms with Gasteiger partial charge in [-0.2, -0.15) is 0 Å². The van der Waals surface area contributed by atoms with E-state index in [1.165, 1.54) is 10.4 Å². The lowest BCUT2D eigenvalue weighted by Crippen LogP contribution is -2.16. The molecule has 1 heterocycles. The molecule has 1 N–H and O–H groups in total. The van der Waals surface area contributed by atoms with Crippen LogP contribution >= 0.6 is 11.3 Å². The maximum Gasteiger partial charge on any atom is 0.185 e. The molecule has 114 valence electrons. The molecule has 1 aromatic heterocycles. The third-order valence-electron chi connectivity index (χ3n) is 3.55. The topological polar surface area (TPSA) is 37.4 Å². The Morgan fingerprint density at radius 2 is 2.00 bits per heavy atom. The molecule has 0 saturated heterocycles. The molecule has 0 saturated carbocycles. The highest BCUT2D eigenvalue weighted by Crippen LogP contribution is 2.30. The Bertz CT molecular complexity index is 580. The van der Waals surface area contributed by atoms with Gasteiger partial charge in [0, 0.05) is 24.5 Å². The van der Waals surface area contributed by atoms with Crippen molar-refractivity contribution in [2.45, 2.75) is 26.4 Å². The molecule has 21 heavy (non-hydrogen) atoms. The van der Waals surface area contributed by atoms with Crippen molar-refractivity contribution in [1.29, 1.82) is 0 Å². The van der Waals surface area contributed by atoms with Gasteiger partial charge in [-0.15, -0.1) is 11.3 Å². The second-order valence-electron chi connectivity index (χ2n) is 5.16. The van der Waals surface area contributed by atoms with Gasteiger partial charge in [-0.3, -0.25) is 0 Å². The Hall–Kier alpha value is -1.59. The fourth-order valence-electron chi connectivity index (χ4n) is 2.16. The molecule has 2 aromatic rings. The Kier molecular flexibility index (Phi) is 5.20.